The van der Waals surface area contributed by atoms with E-state index in [4.69, 9.17) is 12.0 Å². The van der Waals surface area contributed by atoms with Gasteiger partial charge in [0.15, 0.2) is 0 Å². The first kappa shape index (κ1) is 15.8. The second-order valence-corrected chi connectivity index (χ2v) is 9.56. The lowest BCUT2D eigenvalue weighted by atomic mass is 10.0. The molecule has 0 aliphatic rings. The zero-order chi connectivity index (χ0) is 13.8. The van der Waals surface area contributed by atoms with Crippen LogP contribution in [-0.4, -0.2) is 36.0 Å². The Labute approximate surface area is 118 Å². The van der Waals surface area contributed by atoms with E-state index >= 15 is 0 Å². The molecule has 1 aromatic rings. The Morgan fingerprint density at radius 1 is 1.39 bits per heavy atom. The molecular weight excluding hydrogens is 263 g/mol. The molecule has 2 nitrogen and oxygen atoms in total. The van der Waals surface area contributed by atoms with Crippen LogP contribution in [0.2, 0.25) is 0 Å². The minimum Gasteiger partial charge on any atom is -0.508 e. The van der Waals surface area contributed by atoms with E-state index in [0.717, 1.165) is 24.2 Å². The Bertz CT molecular complexity index is 394. The first-order valence-electron chi connectivity index (χ1n) is 5.89. The lowest BCUT2D eigenvalue weighted by Crippen LogP contribution is -2.34. The molecule has 0 saturated carbocycles. The van der Waals surface area contributed by atoms with E-state index in [9.17, 15) is 5.11 Å². The van der Waals surface area contributed by atoms with Crippen LogP contribution in [0.15, 0.2) is 24.3 Å². The Morgan fingerprint density at radius 3 is 2.56 bits per heavy atom. The molecule has 1 aromatic carbocycles. The molecule has 0 aliphatic carbocycles. The highest BCUT2D eigenvalue weighted by Gasteiger charge is 2.31. The highest BCUT2D eigenvalue weighted by Crippen LogP contribution is 2.53. The number of rotatable bonds is 6. The quantitative estimate of drug-likeness (QED) is 0.477. The number of hydrogen-bond donors (Lipinski definition) is 2. The number of aromatic hydroxyl groups is 1. The van der Waals surface area contributed by atoms with Crippen molar-refractivity contribution in [2.45, 2.75) is 24.6 Å². The van der Waals surface area contributed by atoms with Crippen LogP contribution < -0.4 is 0 Å². The number of hydrogen-bond acceptors (Lipinski definition) is 3. The molecule has 1 unspecified atom stereocenters. The minimum absolute atomic E-state index is 0.367. The molecule has 1 rings (SSSR count). The third kappa shape index (κ3) is 3.87. The Balaban J connectivity index is 2.54. The summed E-state index contributed by atoms with van der Waals surface area (Å²) in [6, 6.07) is 7.45. The molecule has 0 aromatic heterocycles. The highest BCUT2D eigenvalue weighted by atomic mass is 32.3. The summed E-state index contributed by atoms with van der Waals surface area (Å²) in [6.45, 7) is 1.87. The lowest BCUT2D eigenvalue weighted by molar-refractivity contribution is 0.322. The fourth-order valence-corrected chi connectivity index (χ4v) is 3.73. The highest BCUT2D eigenvalue weighted by molar-refractivity contribution is 8.34. The van der Waals surface area contributed by atoms with E-state index < -0.39 is 14.9 Å². The standard InChI is InChI=1S/C13H21BO2S2/c1-13(14,16-17)18(2,3)10-6-8-11-7-4-5-9-12(11)15/h4-5,7,9,15,17H,6,8,10H2,1-3H3. The van der Waals surface area contributed by atoms with Crippen molar-refractivity contribution < 1.29 is 9.29 Å². The molecule has 0 heterocycles. The van der Waals surface area contributed by atoms with Gasteiger partial charge in [-0.1, -0.05) is 18.2 Å². The first-order chi connectivity index (χ1) is 8.30. The summed E-state index contributed by atoms with van der Waals surface area (Å²) in [6.07, 6.45) is 6.12. The first-order valence-corrected chi connectivity index (χ1v) is 8.87. The largest absolute Gasteiger partial charge is 0.508 e. The lowest BCUT2D eigenvalue weighted by Gasteiger charge is -2.45. The molecule has 5 heteroatoms. The monoisotopic (exact) mass is 284 g/mol. The minimum atomic E-state index is -1.10. The zero-order valence-electron chi connectivity index (χ0n) is 11.2. The van der Waals surface area contributed by atoms with Crippen molar-refractivity contribution >= 4 is 30.8 Å². The van der Waals surface area contributed by atoms with Gasteiger partial charge in [0.2, 0.25) is 0 Å². The van der Waals surface area contributed by atoms with Crippen LogP contribution in [0.3, 0.4) is 0 Å². The van der Waals surface area contributed by atoms with Crippen LogP contribution in [0.5, 0.6) is 5.75 Å². The van der Waals surface area contributed by atoms with Gasteiger partial charge >= 0.3 is 0 Å². The molecule has 0 saturated heterocycles. The summed E-state index contributed by atoms with van der Waals surface area (Å²) in [5, 5.41) is 9.69. The molecule has 0 spiro atoms. The van der Waals surface area contributed by atoms with Crippen molar-refractivity contribution in [2.24, 2.45) is 0 Å². The molecule has 0 amide bonds. The van der Waals surface area contributed by atoms with Gasteiger partial charge in [0.1, 0.15) is 13.6 Å². The van der Waals surface area contributed by atoms with Gasteiger partial charge in [0, 0.05) is 0 Å². The number of para-hydroxylation sites is 1. The number of benzene rings is 1. The molecule has 1 N–H and O–H groups in total. The van der Waals surface area contributed by atoms with Crippen LogP contribution in [0, 0.1) is 0 Å². The van der Waals surface area contributed by atoms with Crippen LogP contribution >= 0.6 is 22.9 Å². The zero-order valence-corrected chi connectivity index (χ0v) is 12.9. The molecule has 100 valence electrons. The van der Waals surface area contributed by atoms with Gasteiger partial charge in [0.25, 0.3) is 0 Å². The predicted molar refractivity (Wildman–Crippen MR) is 85.0 cm³/mol. The van der Waals surface area contributed by atoms with E-state index in [1.54, 1.807) is 6.07 Å². The summed E-state index contributed by atoms with van der Waals surface area (Å²) in [5.41, 5.74) is 0.984. The number of aryl methyl sites for hydroxylation is 1. The molecule has 18 heavy (non-hydrogen) atoms. The van der Waals surface area contributed by atoms with Gasteiger partial charge in [-0.2, -0.15) is 0 Å². The van der Waals surface area contributed by atoms with Gasteiger partial charge in [-0.3, -0.25) is 0 Å². The molecule has 0 bridgehead atoms. The fraction of sp³-hybridized carbons (Fsp3) is 0.538. The Morgan fingerprint density at radius 2 is 2.00 bits per heavy atom. The van der Waals surface area contributed by atoms with Crippen LogP contribution in [-0.2, 0) is 10.6 Å². The normalized spacial score (nSPS) is 16.2. The molecule has 1 atom stereocenters. The molecule has 2 radical (unpaired) electrons. The Hall–Kier alpha value is -0.255. The van der Waals surface area contributed by atoms with Crippen LogP contribution in [0.4, 0.5) is 0 Å². The average Bonchev–Trinajstić information content (AvgIpc) is 2.31. The second kappa shape index (κ2) is 6.26. The third-order valence-corrected chi connectivity index (χ3v) is 7.46. The number of phenolic OH excluding ortho intramolecular Hbond substituents is 1. The fourth-order valence-electron chi connectivity index (χ4n) is 1.65. The van der Waals surface area contributed by atoms with E-state index in [1.165, 1.54) is 0 Å². The summed E-state index contributed by atoms with van der Waals surface area (Å²) in [5.74, 6) is 1.35. The van der Waals surface area contributed by atoms with Crippen molar-refractivity contribution in [1.29, 1.82) is 0 Å². The molecular formula is C13H21BO2S2. The van der Waals surface area contributed by atoms with Gasteiger partial charge in [-0.15, -0.1) is 0 Å². The van der Waals surface area contributed by atoms with Crippen LogP contribution in [0.1, 0.15) is 18.9 Å². The van der Waals surface area contributed by atoms with Gasteiger partial charge in [0.05, 0.1) is 4.83 Å². The van der Waals surface area contributed by atoms with Crippen molar-refractivity contribution in [3.63, 3.8) is 0 Å². The number of thiol groups is 1. The van der Waals surface area contributed by atoms with Gasteiger partial charge < -0.3 is 9.29 Å². The maximum atomic E-state index is 9.69. The average molecular weight is 284 g/mol. The summed E-state index contributed by atoms with van der Waals surface area (Å²) < 4.78 is 5.09. The van der Waals surface area contributed by atoms with Gasteiger partial charge in [-0.05, 0) is 62.6 Å². The predicted octanol–water partition coefficient (Wildman–Crippen LogP) is 3.09. The smallest absolute Gasteiger partial charge is 0.128 e. The van der Waals surface area contributed by atoms with Crippen molar-refractivity contribution in [3.05, 3.63) is 29.8 Å². The topological polar surface area (TPSA) is 29.5 Å². The summed E-state index contributed by atoms with van der Waals surface area (Å²) >= 11 is 3.86. The second-order valence-electron chi connectivity index (χ2n) is 5.08. The van der Waals surface area contributed by atoms with Gasteiger partial charge in [-0.25, -0.2) is 10.0 Å². The van der Waals surface area contributed by atoms with E-state index in [1.807, 2.05) is 25.1 Å². The van der Waals surface area contributed by atoms with Crippen molar-refractivity contribution in [1.82, 2.24) is 0 Å². The van der Waals surface area contributed by atoms with Crippen LogP contribution in [0.25, 0.3) is 0 Å². The maximum Gasteiger partial charge on any atom is 0.128 e. The maximum absolute atomic E-state index is 9.69. The number of phenols is 1. The molecule has 0 fully saturated rings. The van der Waals surface area contributed by atoms with Crippen molar-refractivity contribution in [3.8, 4) is 5.75 Å². The van der Waals surface area contributed by atoms with E-state index in [2.05, 4.69) is 25.4 Å². The summed E-state index contributed by atoms with van der Waals surface area (Å²) in [7, 11) is 5.00. The van der Waals surface area contributed by atoms with E-state index in [0.29, 0.717) is 5.75 Å². The van der Waals surface area contributed by atoms with Crippen molar-refractivity contribution in [2.75, 3.05) is 18.3 Å². The molecule has 0 aliphatic heterocycles. The Kier molecular flexibility index (Phi) is 5.50. The SMILES string of the molecule is [B]C(C)(OS)S(C)(C)CCCc1ccccc1O. The third-order valence-electron chi connectivity index (χ3n) is 3.37. The van der Waals surface area contributed by atoms with E-state index in [-0.39, 0.29) is 0 Å². The summed E-state index contributed by atoms with van der Waals surface area (Å²) in [4.78, 5) is -0.686.